The van der Waals surface area contributed by atoms with Crippen molar-refractivity contribution in [2.75, 3.05) is 13.6 Å². The lowest BCUT2D eigenvalue weighted by Gasteiger charge is -2.24. The van der Waals surface area contributed by atoms with E-state index in [4.69, 9.17) is 0 Å². The summed E-state index contributed by atoms with van der Waals surface area (Å²) in [7, 11) is 1.83. The molecule has 72 valence electrons. The van der Waals surface area contributed by atoms with Gasteiger partial charge in [0.1, 0.15) is 0 Å². The molecular weight excluding hydrogens is 164 g/mol. The van der Waals surface area contributed by atoms with Crippen molar-refractivity contribution in [3.05, 3.63) is 24.9 Å². The van der Waals surface area contributed by atoms with Gasteiger partial charge in [-0.2, -0.15) is 0 Å². The standard InChI is InChI=1S/C10H16N2O/c1-4-10(13)12-7-5-6-9(12)8(2)11-3/h4,9,11H,1-2,5-7H2,3H3. The number of nitrogens with one attached hydrogen (secondary N) is 1. The molecule has 1 fully saturated rings. The first-order valence-corrected chi connectivity index (χ1v) is 4.50. The highest BCUT2D eigenvalue weighted by Gasteiger charge is 2.28. The van der Waals surface area contributed by atoms with Gasteiger partial charge in [0.15, 0.2) is 0 Å². The third-order valence-corrected chi connectivity index (χ3v) is 2.43. The minimum absolute atomic E-state index is 0.00102. The van der Waals surface area contributed by atoms with Crippen molar-refractivity contribution in [1.29, 1.82) is 0 Å². The lowest BCUT2D eigenvalue weighted by atomic mass is 10.1. The van der Waals surface area contributed by atoms with E-state index >= 15 is 0 Å². The van der Waals surface area contributed by atoms with E-state index in [0.29, 0.717) is 0 Å². The Kier molecular flexibility index (Phi) is 3.12. The van der Waals surface area contributed by atoms with E-state index in [1.165, 1.54) is 6.08 Å². The van der Waals surface area contributed by atoms with Gasteiger partial charge in [0.25, 0.3) is 0 Å². The number of likely N-dealkylation sites (N-methyl/N-ethyl adjacent to an activating group) is 1. The molecule has 1 atom stereocenters. The van der Waals surface area contributed by atoms with Gasteiger partial charge in [-0.05, 0) is 18.9 Å². The largest absolute Gasteiger partial charge is 0.390 e. The Balaban J connectivity index is 2.68. The minimum Gasteiger partial charge on any atom is -0.390 e. The van der Waals surface area contributed by atoms with Gasteiger partial charge in [-0.25, -0.2) is 0 Å². The second-order valence-corrected chi connectivity index (χ2v) is 3.17. The number of hydrogen-bond acceptors (Lipinski definition) is 2. The Morgan fingerprint density at radius 2 is 2.38 bits per heavy atom. The van der Waals surface area contributed by atoms with Crippen LogP contribution in [0.5, 0.6) is 0 Å². The highest BCUT2D eigenvalue weighted by molar-refractivity contribution is 5.87. The first kappa shape index (κ1) is 9.84. The second kappa shape index (κ2) is 4.12. The molecule has 0 bridgehead atoms. The van der Waals surface area contributed by atoms with Crippen molar-refractivity contribution >= 4 is 5.91 Å². The molecular formula is C10H16N2O. The van der Waals surface area contributed by atoms with Gasteiger partial charge in [0.2, 0.25) is 5.91 Å². The van der Waals surface area contributed by atoms with Gasteiger partial charge in [-0.1, -0.05) is 13.2 Å². The van der Waals surface area contributed by atoms with Crippen LogP contribution in [-0.2, 0) is 4.79 Å². The fourth-order valence-electron chi connectivity index (χ4n) is 1.68. The maximum atomic E-state index is 11.4. The number of nitrogens with zero attached hydrogens (tertiary/aromatic N) is 1. The molecule has 1 unspecified atom stereocenters. The van der Waals surface area contributed by atoms with Crippen molar-refractivity contribution in [3.63, 3.8) is 0 Å². The highest BCUT2D eigenvalue weighted by atomic mass is 16.2. The lowest BCUT2D eigenvalue weighted by Crippen LogP contribution is -2.38. The summed E-state index contributed by atoms with van der Waals surface area (Å²) in [5, 5.41) is 2.99. The molecule has 0 radical (unpaired) electrons. The molecule has 3 heteroatoms. The van der Waals surface area contributed by atoms with Crippen molar-refractivity contribution in [2.45, 2.75) is 18.9 Å². The maximum Gasteiger partial charge on any atom is 0.246 e. The molecule has 0 spiro atoms. The molecule has 0 aromatic rings. The van der Waals surface area contributed by atoms with Crippen LogP contribution >= 0.6 is 0 Å². The van der Waals surface area contributed by atoms with E-state index in [-0.39, 0.29) is 11.9 Å². The predicted molar refractivity (Wildman–Crippen MR) is 53.1 cm³/mol. The summed E-state index contributed by atoms with van der Waals surface area (Å²) >= 11 is 0. The van der Waals surface area contributed by atoms with Gasteiger partial charge in [0.05, 0.1) is 6.04 Å². The average molecular weight is 180 g/mol. The van der Waals surface area contributed by atoms with Crippen LogP contribution in [0.4, 0.5) is 0 Å². The van der Waals surface area contributed by atoms with Gasteiger partial charge in [-0.3, -0.25) is 4.79 Å². The van der Waals surface area contributed by atoms with Gasteiger partial charge >= 0.3 is 0 Å². The molecule has 0 aromatic heterocycles. The van der Waals surface area contributed by atoms with Crippen LogP contribution in [-0.4, -0.2) is 30.4 Å². The summed E-state index contributed by atoms with van der Waals surface area (Å²) in [5.41, 5.74) is 0.910. The molecule has 0 aromatic carbocycles. The molecule has 0 saturated carbocycles. The van der Waals surface area contributed by atoms with E-state index in [1.54, 1.807) is 0 Å². The number of carbonyl (C=O) groups excluding carboxylic acids is 1. The molecule has 1 rings (SSSR count). The first-order valence-electron chi connectivity index (χ1n) is 4.50. The number of hydrogen-bond donors (Lipinski definition) is 1. The summed E-state index contributed by atoms with van der Waals surface area (Å²) in [6.07, 6.45) is 3.41. The van der Waals surface area contributed by atoms with Gasteiger partial charge in [0, 0.05) is 19.3 Å². The molecule has 1 aliphatic heterocycles. The molecule has 1 amide bonds. The van der Waals surface area contributed by atoms with Crippen LogP contribution in [0, 0.1) is 0 Å². The smallest absolute Gasteiger partial charge is 0.246 e. The molecule has 1 heterocycles. The van der Waals surface area contributed by atoms with Crippen molar-refractivity contribution in [2.24, 2.45) is 0 Å². The van der Waals surface area contributed by atoms with Crippen molar-refractivity contribution < 1.29 is 4.79 Å². The fraction of sp³-hybridized carbons (Fsp3) is 0.500. The van der Waals surface area contributed by atoms with Crippen LogP contribution in [0.2, 0.25) is 0 Å². The first-order chi connectivity index (χ1) is 6.20. The summed E-state index contributed by atoms with van der Waals surface area (Å²) in [5.74, 6) is -0.00102. The highest BCUT2D eigenvalue weighted by Crippen LogP contribution is 2.21. The molecule has 13 heavy (non-hydrogen) atoms. The van der Waals surface area contributed by atoms with Crippen molar-refractivity contribution in [3.8, 4) is 0 Å². The summed E-state index contributed by atoms with van der Waals surface area (Å²) in [6.45, 7) is 8.18. The van der Waals surface area contributed by atoms with Crippen LogP contribution < -0.4 is 5.32 Å². The SMILES string of the molecule is C=CC(=O)N1CCCC1C(=C)NC. The van der Waals surface area contributed by atoms with Crippen LogP contribution in [0.1, 0.15) is 12.8 Å². The zero-order valence-corrected chi connectivity index (χ0v) is 8.05. The predicted octanol–water partition coefficient (Wildman–Crippen LogP) is 0.896. The average Bonchev–Trinajstić information content (AvgIpc) is 2.63. The number of rotatable bonds is 3. The van der Waals surface area contributed by atoms with E-state index in [1.807, 2.05) is 11.9 Å². The molecule has 3 nitrogen and oxygen atoms in total. The quantitative estimate of drug-likeness (QED) is 0.654. The Bertz CT molecular complexity index is 235. The Labute approximate surface area is 79.1 Å². The zero-order chi connectivity index (χ0) is 9.84. The summed E-state index contributed by atoms with van der Waals surface area (Å²) in [6, 6.07) is 0.149. The number of likely N-dealkylation sites (tertiary alicyclic amines) is 1. The minimum atomic E-state index is -0.00102. The number of carbonyl (C=O) groups is 1. The summed E-state index contributed by atoms with van der Waals surface area (Å²) < 4.78 is 0. The fourth-order valence-corrected chi connectivity index (χ4v) is 1.68. The number of amides is 1. The maximum absolute atomic E-state index is 11.4. The third kappa shape index (κ3) is 1.91. The summed E-state index contributed by atoms with van der Waals surface area (Å²) in [4.78, 5) is 13.2. The van der Waals surface area contributed by atoms with Crippen molar-refractivity contribution in [1.82, 2.24) is 10.2 Å². The third-order valence-electron chi connectivity index (χ3n) is 2.43. The molecule has 1 saturated heterocycles. The zero-order valence-electron chi connectivity index (χ0n) is 8.05. The normalized spacial score (nSPS) is 21.3. The lowest BCUT2D eigenvalue weighted by molar-refractivity contribution is -0.126. The molecule has 0 aliphatic carbocycles. The topological polar surface area (TPSA) is 32.3 Å². The van der Waals surface area contributed by atoms with Crippen LogP contribution in [0.15, 0.2) is 24.9 Å². The Morgan fingerprint density at radius 1 is 1.69 bits per heavy atom. The van der Waals surface area contributed by atoms with Gasteiger partial charge < -0.3 is 10.2 Å². The molecule has 1 N–H and O–H groups in total. The monoisotopic (exact) mass is 180 g/mol. The van der Waals surface area contributed by atoms with E-state index in [9.17, 15) is 4.79 Å². The van der Waals surface area contributed by atoms with E-state index < -0.39 is 0 Å². The Hall–Kier alpha value is -1.25. The van der Waals surface area contributed by atoms with Gasteiger partial charge in [-0.15, -0.1) is 0 Å². The Morgan fingerprint density at radius 3 is 2.92 bits per heavy atom. The van der Waals surface area contributed by atoms with Crippen LogP contribution in [0.25, 0.3) is 0 Å². The van der Waals surface area contributed by atoms with Crippen LogP contribution in [0.3, 0.4) is 0 Å². The second-order valence-electron chi connectivity index (χ2n) is 3.17. The molecule has 1 aliphatic rings. The van der Waals surface area contributed by atoms with E-state index in [0.717, 1.165) is 25.1 Å². The van der Waals surface area contributed by atoms with E-state index in [2.05, 4.69) is 18.5 Å².